The molecule has 3 fully saturated rings. The van der Waals surface area contributed by atoms with Gasteiger partial charge in [-0.2, -0.15) is 11.8 Å². The van der Waals surface area contributed by atoms with Crippen LogP contribution in [0.1, 0.15) is 89.2 Å². The highest BCUT2D eigenvalue weighted by molar-refractivity contribution is 7.98. The molecule has 0 radical (unpaired) electrons. The standard InChI is InChI=1S/C58H80N12O17S/c1-32(2)25-37(50(79)63-35(49(59)78)21-24-88-4)62-46(73)30-60-53(82)44(27-34-15-9-6-10-16-34)68(3)56(85)40(26-33-13-7-5-8-14-33)66-52(81)38(28-47(74)75)64-51(80)39(29-48(76)77)65-54(83)42-17-12-23-70(42)58(87)41(31-71)67-55(84)43-18-11-22-69(43)57(86)36-19-20-45(72)61-36/h5-10,13-16,32,35-44,71H,11-12,17-31H2,1-4H3,(H2,59,78)(H,60,82)(H,61,72)(H,62,73)(H,63,79)(H,64,80)(H,65,83)(H,66,81)(H,67,84)(H,74,75)(H,76,77)/t35-,36-,37-,38-,39-,40-,41-,42-,43-,44-/m0/s1. The zero-order valence-corrected chi connectivity index (χ0v) is 50.3. The number of carboxylic acids is 2. The number of nitrogens with one attached hydrogen (secondary N) is 8. The van der Waals surface area contributed by atoms with Gasteiger partial charge in [0, 0.05) is 39.4 Å². The molecule has 13 N–H and O–H groups in total. The SMILES string of the molecule is CSCC[C@H](NC(=O)[C@H](CC(C)C)NC(=O)CNC(=O)[C@H](Cc1ccccc1)N(C)C(=O)[C@H](Cc1ccccc1)NC(=O)[C@H](CC(=O)O)NC(=O)[C@H](CC(=O)O)NC(=O)[C@@H]1CCCN1C(=O)[C@H](CO)NC(=O)[C@@H]1CCCN1C(=O)[C@@H]1CCC(=O)N1)C(N)=O. The number of primary amides is 1. The van der Waals surface area contributed by atoms with Crippen molar-refractivity contribution in [1.29, 1.82) is 0 Å². The Hall–Kier alpha value is -8.67. The van der Waals surface area contributed by atoms with Crippen LogP contribution in [-0.2, 0) is 80.0 Å². The molecule has 0 spiro atoms. The molecule has 3 aliphatic rings. The minimum atomic E-state index is -2.04. The Labute approximate surface area is 512 Å². The molecule has 0 aromatic heterocycles. The molecule has 88 heavy (non-hydrogen) atoms. The summed E-state index contributed by atoms with van der Waals surface area (Å²) in [5.41, 5.74) is 6.57. The quantitative estimate of drug-likeness (QED) is 0.0335. The van der Waals surface area contributed by atoms with Crippen molar-refractivity contribution in [3.8, 4) is 0 Å². The first-order valence-corrected chi connectivity index (χ1v) is 30.4. The van der Waals surface area contributed by atoms with E-state index in [4.69, 9.17) is 5.73 Å². The van der Waals surface area contributed by atoms with Gasteiger partial charge in [-0.1, -0.05) is 74.5 Å². The van der Waals surface area contributed by atoms with E-state index in [2.05, 4.69) is 42.5 Å². The van der Waals surface area contributed by atoms with Crippen LogP contribution in [0.25, 0.3) is 0 Å². The van der Waals surface area contributed by atoms with Crippen LogP contribution in [-0.4, -0.2) is 219 Å². The third-order valence-electron chi connectivity index (χ3n) is 15.1. The van der Waals surface area contributed by atoms with E-state index in [1.54, 1.807) is 60.7 Å². The number of aliphatic hydroxyl groups excluding tert-OH is 1. The number of carboxylic acid groups (broad SMARTS) is 2. The Bertz CT molecular complexity index is 2870. The van der Waals surface area contributed by atoms with Crippen LogP contribution in [0.4, 0.5) is 0 Å². The summed E-state index contributed by atoms with van der Waals surface area (Å²) in [4.78, 5) is 191. The van der Waals surface area contributed by atoms with Crippen molar-refractivity contribution in [1.82, 2.24) is 57.2 Å². The second-order valence-electron chi connectivity index (χ2n) is 22.2. The molecular weight excluding hydrogens is 1170 g/mol. The van der Waals surface area contributed by atoms with E-state index in [-0.39, 0.29) is 82.7 Å². The van der Waals surface area contributed by atoms with Crippen LogP contribution in [0.3, 0.4) is 0 Å². The maximum Gasteiger partial charge on any atom is 0.305 e. The predicted octanol–water partition coefficient (Wildman–Crippen LogP) is -3.19. The number of likely N-dealkylation sites (N-methyl/N-ethyl adjacent to an activating group) is 1. The lowest BCUT2D eigenvalue weighted by atomic mass is 10.0. The monoisotopic (exact) mass is 1250 g/mol. The van der Waals surface area contributed by atoms with Gasteiger partial charge in [0.2, 0.25) is 70.9 Å². The molecule has 3 heterocycles. The van der Waals surface area contributed by atoms with Crippen LogP contribution in [0, 0.1) is 5.92 Å². The molecule has 0 unspecified atom stereocenters. The largest absolute Gasteiger partial charge is 0.481 e. The molecule has 29 nitrogen and oxygen atoms in total. The number of thioether (sulfide) groups is 1. The average Bonchev–Trinajstić information content (AvgIpc) is 3.31. The van der Waals surface area contributed by atoms with Crippen molar-refractivity contribution in [3.63, 3.8) is 0 Å². The van der Waals surface area contributed by atoms with Gasteiger partial charge in [0.1, 0.15) is 60.4 Å². The van der Waals surface area contributed by atoms with E-state index in [9.17, 15) is 82.4 Å². The lowest BCUT2D eigenvalue weighted by Crippen LogP contribution is -2.61. The minimum Gasteiger partial charge on any atom is -0.481 e. The van der Waals surface area contributed by atoms with Gasteiger partial charge in [-0.15, -0.1) is 0 Å². The van der Waals surface area contributed by atoms with Crippen LogP contribution in [0.2, 0.25) is 0 Å². The van der Waals surface area contributed by atoms with Crippen molar-refractivity contribution >= 4 is 94.6 Å². The highest BCUT2D eigenvalue weighted by Gasteiger charge is 2.44. The van der Waals surface area contributed by atoms with Gasteiger partial charge in [0.05, 0.1) is 26.0 Å². The van der Waals surface area contributed by atoms with E-state index >= 15 is 0 Å². The first-order chi connectivity index (χ1) is 41.8. The summed E-state index contributed by atoms with van der Waals surface area (Å²) in [6.45, 7) is 2.13. The van der Waals surface area contributed by atoms with Gasteiger partial charge >= 0.3 is 11.9 Å². The molecule has 3 saturated heterocycles. The van der Waals surface area contributed by atoms with Gasteiger partial charge in [0.15, 0.2) is 0 Å². The minimum absolute atomic E-state index is 0.0273. The lowest BCUT2D eigenvalue weighted by molar-refractivity contribution is -0.146. The Morgan fingerprint density at radius 2 is 1.17 bits per heavy atom. The summed E-state index contributed by atoms with van der Waals surface area (Å²) in [7, 11) is 1.26. The maximum absolute atomic E-state index is 14.8. The molecule has 2 aromatic rings. The molecule has 0 saturated carbocycles. The van der Waals surface area contributed by atoms with Gasteiger partial charge in [-0.3, -0.25) is 67.1 Å². The number of hydrogen-bond acceptors (Lipinski definition) is 16. The third kappa shape index (κ3) is 20.8. The number of amides is 12. The zero-order valence-electron chi connectivity index (χ0n) is 49.5. The summed E-state index contributed by atoms with van der Waals surface area (Å²) >= 11 is 1.44. The molecule has 5 rings (SSSR count). The van der Waals surface area contributed by atoms with Crippen molar-refractivity contribution < 1.29 is 82.4 Å². The fraction of sp³-hybridized carbons (Fsp3) is 0.552. The number of carbonyl (C=O) groups excluding carboxylic acids is 12. The Morgan fingerprint density at radius 3 is 1.69 bits per heavy atom. The zero-order chi connectivity index (χ0) is 64.8. The molecule has 3 aliphatic heterocycles. The second-order valence-corrected chi connectivity index (χ2v) is 23.2. The predicted molar refractivity (Wildman–Crippen MR) is 315 cm³/mol. The van der Waals surface area contributed by atoms with E-state index in [0.717, 1.165) is 9.80 Å². The Kier molecular flexibility index (Phi) is 27.1. The summed E-state index contributed by atoms with van der Waals surface area (Å²) in [5, 5.41) is 49.9. The highest BCUT2D eigenvalue weighted by Crippen LogP contribution is 2.23. The third-order valence-corrected chi connectivity index (χ3v) is 15.8. The molecule has 480 valence electrons. The number of nitrogens with two attached hydrogens (primary N) is 1. The average molecular weight is 1250 g/mol. The van der Waals surface area contributed by atoms with E-state index in [1.807, 2.05) is 20.1 Å². The first kappa shape index (κ1) is 70.1. The van der Waals surface area contributed by atoms with Crippen LogP contribution in [0.5, 0.6) is 0 Å². The lowest BCUT2D eigenvalue weighted by Gasteiger charge is -2.32. The summed E-state index contributed by atoms with van der Waals surface area (Å²) < 4.78 is 0. The van der Waals surface area contributed by atoms with Crippen molar-refractivity contribution in [2.75, 3.05) is 45.3 Å². The molecule has 2 aromatic carbocycles. The van der Waals surface area contributed by atoms with Gasteiger partial charge < -0.3 is 78.3 Å². The van der Waals surface area contributed by atoms with Gasteiger partial charge in [0.25, 0.3) is 0 Å². The molecule has 12 amide bonds. The number of benzene rings is 2. The van der Waals surface area contributed by atoms with Crippen molar-refractivity contribution in [3.05, 3.63) is 71.8 Å². The number of likely N-dealkylation sites (tertiary alicyclic amines) is 2. The van der Waals surface area contributed by atoms with Crippen LogP contribution in [0.15, 0.2) is 60.7 Å². The number of aliphatic carboxylic acids is 2. The fourth-order valence-electron chi connectivity index (χ4n) is 10.6. The van der Waals surface area contributed by atoms with E-state index < -0.39 is 163 Å². The number of nitrogens with zero attached hydrogens (tertiary/aromatic N) is 3. The van der Waals surface area contributed by atoms with Crippen molar-refractivity contribution in [2.45, 2.75) is 151 Å². The normalized spacial score (nSPS) is 18.6. The van der Waals surface area contributed by atoms with Gasteiger partial charge in [-0.05, 0) is 74.0 Å². The maximum atomic E-state index is 14.8. The second kappa shape index (κ2) is 34.0. The smallest absolute Gasteiger partial charge is 0.305 e. The Balaban J connectivity index is 1.31. The number of carbonyl (C=O) groups is 14. The van der Waals surface area contributed by atoms with E-state index in [0.29, 0.717) is 23.3 Å². The first-order valence-electron chi connectivity index (χ1n) is 29.0. The van der Waals surface area contributed by atoms with Gasteiger partial charge in [-0.25, -0.2) is 0 Å². The van der Waals surface area contributed by atoms with E-state index in [1.165, 1.54) is 23.7 Å². The molecule has 0 aliphatic carbocycles. The number of hydrogen-bond donors (Lipinski definition) is 12. The fourth-order valence-corrected chi connectivity index (χ4v) is 11.0. The molecule has 10 atom stereocenters. The highest BCUT2D eigenvalue weighted by atomic mass is 32.2. The van der Waals surface area contributed by atoms with Crippen LogP contribution >= 0.6 is 11.8 Å². The number of rotatable bonds is 33. The Morgan fingerprint density at radius 1 is 0.659 bits per heavy atom. The summed E-state index contributed by atoms with van der Waals surface area (Å²) in [6, 6.07) is 2.59. The molecule has 30 heteroatoms. The van der Waals surface area contributed by atoms with Crippen LogP contribution < -0.4 is 48.3 Å². The molecule has 0 bridgehead atoms. The summed E-state index contributed by atoms with van der Waals surface area (Å²) in [5.74, 6) is -13.0. The van der Waals surface area contributed by atoms with Crippen molar-refractivity contribution in [2.24, 2.45) is 11.7 Å². The number of aliphatic hydroxyl groups is 1. The molecular formula is C58H80N12O17S. The summed E-state index contributed by atoms with van der Waals surface area (Å²) in [6.07, 6.45) is 0.767. The topological polar surface area (TPSA) is 432 Å².